The van der Waals surface area contributed by atoms with Gasteiger partial charge in [0.2, 0.25) is 0 Å². The molecular weight excluding hydrogens is 264 g/mol. The molecule has 0 N–H and O–H groups in total. The van der Waals surface area contributed by atoms with Crippen molar-refractivity contribution in [3.63, 3.8) is 0 Å². The zero-order valence-electron chi connectivity index (χ0n) is 12.0. The van der Waals surface area contributed by atoms with Crippen molar-refractivity contribution in [3.8, 4) is 0 Å². The van der Waals surface area contributed by atoms with Gasteiger partial charge in [0.15, 0.2) is 0 Å². The van der Waals surface area contributed by atoms with Crippen LogP contribution in [-0.2, 0) is 22.4 Å². The van der Waals surface area contributed by atoms with Crippen molar-refractivity contribution >= 4 is 11.8 Å². The van der Waals surface area contributed by atoms with Gasteiger partial charge >= 0.3 is 5.97 Å². The van der Waals surface area contributed by atoms with Crippen LogP contribution in [0.2, 0.25) is 0 Å². The van der Waals surface area contributed by atoms with Crippen molar-refractivity contribution in [2.45, 2.75) is 19.3 Å². The van der Waals surface area contributed by atoms with Gasteiger partial charge in [-0.1, -0.05) is 54.6 Å². The summed E-state index contributed by atoms with van der Waals surface area (Å²) in [6, 6.07) is 17.4. The Hall–Kier alpha value is -2.42. The van der Waals surface area contributed by atoms with Crippen molar-refractivity contribution in [1.29, 1.82) is 0 Å². The van der Waals surface area contributed by atoms with E-state index in [1.54, 1.807) is 12.1 Å². The fourth-order valence-corrected chi connectivity index (χ4v) is 2.29. The van der Waals surface area contributed by atoms with Crippen LogP contribution in [0.3, 0.4) is 0 Å². The molecule has 3 heteroatoms. The summed E-state index contributed by atoms with van der Waals surface area (Å²) < 4.78 is 4.51. The molecule has 2 rings (SSSR count). The Morgan fingerprint density at radius 1 is 0.905 bits per heavy atom. The Morgan fingerprint density at radius 2 is 1.57 bits per heavy atom. The smallest absolute Gasteiger partial charge is 0.379 e. The fraction of sp³-hybridized carbons (Fsp3) is 0.222. The van der Waals surface area contributed by atoms with Gasteiger partial charge in [0.05, 0.1) is 7.11 Å². The lowest BCUT2D eigenvalue weighted by Gasteiger charge is -2.07. The number of benzene rings is 2. The molecule has 0 radical (unpaired) electrons. The molecule has 0 aromatic heterocycles. The molecule has 0 atom stereocenters. The van der Waals surface area contributed by atoms with Crippen LogP contribution >= 0.6 is 0 Å². The SMILES string of the molecule is COC(=O)C(=O)c1ccccc1CCCc1ccccc1. The van der Waals surface area contributed by atoms with Gasteiger partial charge in [0.1, 0.15) is 0 Å². The Balaban J connectivity index is 2.03. The van der Waals surface area contributed by atoms with E-state index in [4.69, 9.17) is 0 Å². The summed E-state index contributed by atoms with van der Waals surface area (Å²) >= 11 is 0. The number of hydrogen-bond acceptors (Lipinski definition) is 3. The lowest BCUT2D eigenvalue weighted by Crippen LogP contribution is -2.17. The van der Waals surface area contributed by atoms with Crippen LogP contribution < -0.4 is 0 Å². The molecule has 0 saturated heterocycles. The lowest BCUT2D eigenvalue weighted by atomic mass is 9.97. The molecule has 0 fully saturated rings. The highest BCUT2D eigenvalue weighted by molar-refractivity contribution is 6.40. The molecule has 21 heavy (non-hydrogen) atoms. The predicted molar refractivity (Wildman–Crippen MR) is 81.3 cm³/mol. The Morgan fingerprint density at radius 3 is 2.29 bits per heavy atom. The summed E-state index contributed by atoms with van der Waals surface area (Å²) in [5.41, 5.74) is 2.61. The molecule has 0 saturated carbocycles. The van der Waals surface area contributed by atoms with Crippen LogP contribution in [0.4, 0.5) is 0 Å². The first kappa shape index (κ1) is 15.0. The number of carbonyl (C=O) groups excluding carboxylic acids is 2. The van der Waals surface area contributed by atoms with E-state index in [9.17, 15) is 9.59 Å². The highest BCUT2D eigenvalue weighted by Gasteiger charge is 2.19. The summed E-state index contributed by atoms with van der Waals surface area (Å²) in [6.45, 7) is 0. The molecule has 108 valence electrons. The molecule has 0 bridgehead atoms. The van der Waals surface area contributed by atoms with Gasteiger partial charge < -0.3 is 4.74 Å². The van der Waals surface area contributed by atoms with E-state index >= 15 is 0 Å². The van der Waals surface area contributed by atoms with E-state index in [2.05, 4.69) is 16.9 Å². The van der Waals surface area contributed by atoms with Crippen molar-refractivity contribution in [1.82, 2.24) is 0 Å². The van der Waals surface area contributed by atoms with Gasteiger partial charge in [-0.05, 0) is 30.4 Å². The van der Waals surface area contributed by atoms with Gasteiger partial charge in [0, 0.05) is 5.56 Å². The number of rotatable bonds is 6. The van der Waals surface area contributed by atoms with Crippen molar-refractivity contribution < 1.29 is 14.3 Å². The third-order valence-electron chi connectivity index (χ3n) is 3.39. The summed E-state index contributed by atoms with van der Waals surface area (Å²) in [7, 11) is 1.22. The summed E-state index contributed by atoms with van der Waals surface area (Å²) in [6.07, 6.45) is 2.63. The molecular formula is C18H18O3. The van der Waals surface area contributed by atoms with Crippen molar-refractivity contribution in [2.24, 2.45) is 0 Å². The maximum absolute atomic E-state index is 12.0. The topological polar surface area (TPSA) is 43.4 Å². The quantitative estimate of drug-likeness (QED) is 0.464. The van der Waals surface area contributed by atoms with Gasteiger partial charge in [-0.3, -0.25) is 4.79 Å². The molecule has 2 aromatic carbocycles. The molecule has 0 unspecified atom stereocenters. The van der Waals surface area contributed by atoms with E-state index in [1.165, 1.54) is 12.7 Å². The number of methoxy groups -OCH3 is 1. The second-order valence-electron chi connectivity index (χ2n) is 4.82. The van der Waals surface area contributed by atoms with Gasteiger partial charge in [-0.2, -0.15) is 0 Å². The second kappa shape index (κ2) is 7.39. The van der Waals surface area contributed by atoms with Gasteiger partial charge in [0.25, 0.3) is 5.78 Å². The van der Waals surface area contributed by atoms with Crippen LogP contribution in [0, 0.1) is 0 Å². The summed E-state index contributed by atoms with van der Waals surface area (Å²) in [5, 5.41) is 0. The molecule has 0 heterocycles. The maximum Gasteiger partial charge on any atom is 0.379 e. The minimum absolute atomic E-state index is 0.442. The van der Waals surface area contributed by atoms with Crippen LogP contribution in [0.1, 0.15) is 27.9 Å². The Bertz CT molecular complexity index is 617. The van der Waals surface area contributed by atoms with Crippen LogP contribution in [-0.4, -0.2) is 18.9 Å². The van der Waals surface area contributed by atoms with Crippen LogP contribution in [0.25, 0.3) is 0 Å². The normalized spacial score (nSPS) is 10.1. The second-order valence-corrected chi connectivity index (χ2v) is 4.82. The third kappa shape index (κ3) is 4.02. The first-order chi connectivity index (χ1) is 10.2. The standard InChI is InChI=1S/C18H18O3/c1-21-18(20)17(19)16-13-6-5-11-15(16)12-7-10-14-8-3-2-4-9-14/h2-6,8-9,11,13H,7,10,12H2,1H3. The summed E-state index contributed by atoms with van der Waals surface area (Å²) in [4.78, 5) is 23.3. The van der Waals surface area contributed by atoms with Crippen LogP contribution in [0.5, 0.6) is 0 Å². The van der Waals surface area contributed by atoms with E-state index in [0.717, 1.165) is 24.8 Å². The minimum Gasteiger partial charge on any atom is -0.463 e. The molecule has 0 aliphatic heterocycles. The zero-order valence-corrected chi connectivity index (χ0v) is 12.0. The first-order valence-corrected chi connectivity index (χ1v) is 6.97. The van der Waals surface area contributed by atoms with E-state index in [1.807, 2.05) is 30.3 Å². The first-order valence-electron chi connectivity index (χ1n) is 6.97. The van der Waals surface area contributed by atoms with Gasteiger partial charge in [-0.25, -0.2) is 4.79 Å². The average molecular weight is 282 g/mol. The largest absolute Gasteiger partial charge is 0.463 e. The molecule has 3 nitrogen and oxygen atoms in total. The number of hydrogen-bond donors (Lipinski definition) is 0. The molecule has 0 spiro atoms. The molecule has 0 amide bonds. The van der Waals surface area contributed by atoms with Gasteiger partial charge in [-0.15, -0.1) is 0 Å². The maximum atomic E-state index is 12.0. The number of carbonyl (C=O) groups is 2. The number of aryl methyl sites for hydroxylation is 2. The van der Waals surface area contributed by atoms with Crippen LogP contribution in [0.15, 0.2) is 54.6 Å². The number of ketones is 1. The van der Waals surface area contributed by atoms with Crippen molar-refractivity contribution in [3.05, 3.63) is 71.3 Å². The Labute approximate surface area is 124 Å². The molecule has 0 aliphatic carbocycles. The monoisotopic (exact) mass is 282 g/mol. The van der Waals surface area contributed by atoms with E-state index in [0.29, 0.717) is 5.56 Å². The predicted octanol–water partition coefficient (Wildman–Crippen LogP) is 3.22. The zero-order chi connectivity index (χ0) is 15.1. The van der Waals surface area contributed by atoms with E-state index in [-0.39, 0.29) is 0 Å². The highest BCUT2D eigenvalue weighted by Crippen LogP contribution is 2.14. The third-order valence-corrected chi connectivity index (χ3v) is 3.39. The lowest BCUT2D eigenvalue weighted by molar-refractivity contribution is -0.135. The molecule has 0 aliphatic rings. The average Bonchev–Trinajstić information content (AvgIpc) is 2.55. The minimum atomic E-state index is -0.814. The number of ether oxygens (including phenoxy) is 1. The Kier molecular flexibility index (Phi) is 5.27. The number of Topliss-reactive ketones (excluding diaryl/α,β-unsaturated/α-hetero) is 1. The highest BCUT2D eigenvalue weighted by atomic mass is 16.5. The van der Waals surface area contributed by atoms with Crippen molar-refractivity contribution in [2.75, 3.05) is 7.11 Å². The molecule has 2 aromatic rings. The number of esters is 1. The fourth-order valence-electron chi connectivity index (χ4n) is 2.29. The van der Waals surface area contributed by atoms with E-state index < -0.39 is 11.8 Å². The summed E-state index contributed by atoms with van der Waals surface area (Å²) in [5.74, 6) is -1.39.